The molecule has 3 saturated heterocycles. The van der Waals surface area contributed by atoms with E-state index in [2.05, 4.69) is 26.9 Å². The molecule has 4 bridgehead atoms. The average molecular weight is 492 g/mol. The monoisotopic (exact) mass is 491 g/mol. The zero-order valence-corrected chi connectivity index (χ0v) is 21.2. The third-order valence-corrected chi connectivity index (χ3v) is 11.3. The quantitative estimate of drug-likeness (QED) is 0.637. The SMILES string of the molecule is COc1ccc2c3c1O[C@H]1[C@H]4CC[C@@]5(CCN4C(=O)Cc4cncs4)[C@@H](C2)N(CC2CC2)CC[C@]315. The number of piperidine rings is 1. The summed E-state index contributed by atoms with van der Waals surface area (Å²) in [4.78, 5) is 24.0. The Morgan fingerprint density at radius 3 is 2.94 bits per heavy atom. The second-order valence-electron chi connectivity index (χ2n) is 11.8. The third kappa shape index (κ3) is 2.64. The maximum Gasteiger partial charge on any atom is 0.228 e. The Balaban J connectivity index is 1.27. The van der Waals surface area contributed by atoms with Gasteiger partial charge in [-0.05, 0) is 69.0 Å². The molecule has 1 amide bonds. The van der Waals surface area contributed by atoms with Crippen molar-refractivity contribution in [1.82, 2.24) is 14.8 Å². The van der Waals surface area contributed by atoms with Crippen molar-refractivity contribution in [2.24, 2.45) is 11.3 Å². The summed E-state index contributed by atoms with van der Waals surface area (Å²) in [5.74, 6) is 2.98. The van der Waals surface area contributed by atoms with Crippen molar-refractivity contribution in [3.63, 3.8) is 0 Å². The second-order valence-corrected chi connectivity index (χ2v) is 12.8. The van der Waals surface area contributed by atoms with Gasteiger partial charge in [0.1, 0.15) is 6.10 Å². The Kier molecular flexibility index (Phi) is 4.34. The van der Waals surface area contributed by atoms with E-state index in [-0.39, 0.29) is 28.9 Å². The van der Waals surface area contributed by atoms with Gasteiger partial charge in [0.15, 0.2) is 11.5 Å². The summed E-state index contributed by atoms with van der Waals surface area (Å²) in [7, 11) is 1.76. The number of hydrogen-bond acceptors (Lipinski definition) is 6. The van der Waals surface area contributed by atoms with E-state index < -0.39 is 0 Å². The first-order chi connectivity index (χ1) is 17.1. The number of benzene rings is 1. The zero-order valence-electron chi connectivity index (χ0n) is 20.4. The molecule has 1 aromatic carbocycles. The molecule has 7 heteroatoms. The summed E-state index contributed by atoms with van der Waals surface area (Å²) in [5.41, 5.74) is 4.91. The van der Waals surface area contributed by atoms with Gasteiger partial charge >= 0.3 is 0 Å². The van der Waals surface area contributed by atoms with Gasteiger partial charge in [-0.15, -0.1) is 11.3 Å². The number of thiazole rings is 1. The van der Waals surface area contributed by atoms with Crippen LogP contribution in [0.3, 0.4) is 0 Å². The molecule has 7 aliphatic rings. The smallest absolute Gasteiger partial charge is 0.228 e. The first-order valence-electron chi connectivity index (χ1n) is 13.4. The molecule has 9 rings (SSSR count). The Bertz CT molecular complexity index is 1200. The van der Waals surface area contributed by atoms with E-state index in [1.54, 1.807) is 18.4 Å². The lowest BCUT2D eigenvalue weighted by Crippen LogP contribution is -2.72. The van der Waals surface area contributed by atoms with Crippen LogP contribution in [0.15, 0.2) is 23.8 Å². The first kappa shape index (κ1) is 21.0. The number of carbonyl (C=O) groups excluding carboxylic acids is 1. The van der Waals surface area contributed by atoms with Gasteiger partial charge in [0.05, 0.1) is 25.1 Å². The van der Waals surface area contributed by atoms with Gasteiger partial charge in [0.2, 0.25) is 5.91 Å². The summed E-state index contributed by atoms with van der Waals surface area (Å²) >= 11 is 1.58. The molecule has 0 radical (unpaired) electrons. The number of methoxy groups -OCH3 is 1. The van der Waals surface area contributed by atoms with E-state index in [0.717, 1.165) is 61.1 Å². The number of fused-ring (bicyclic) bond motifs is 3. The maximum absolute atomic E-state index is 13.7. The number of likely N-dealkylation sites (tertiary alicyclic amines) is 1. The minimum Gasteiger partial charge on any atom is -0.493 e. The molecule has 1 aromatic heterocycles. The fourth-order valence-corrected chi connectivity index (χ4v) is 9.61. The number of carbonyl (C=O) groups is 1. The number of ether oxygens (including phenoxy) is 2. The average Bonchev–Trinajstić information content (AvgIpc) is 3.49. The van der Waals surface area contributed by atoms with Crippen molar-refractivity contribution in [2.45, 2.75) is 75.0 Å². The lowest BCUT2D eigenvalue weighted by Gasteiger charge is -2.66. The number of amides is 1. The van der Waals surface area contributed by atoms with E-state index in [1.807, 2.05) is 11.7 Å². The van der Waals surface area contributed by atoms with Gasteiger partial charge in [0.25, 0.3) is 0 Å². The number of nitrogens with zero attached hydrogens (tertiary/aromatic N) is 3. The van der Waals surface area contributed by atoms with Crippen LogP contribution < -0.4 is 9.47 Å². The largest absolute Gasteiger partial charge is 0.493 e. The Hall–Kier alpha value is -2.12. The topological polar surface area (TPSA) is 54.9 Å². The van der Waals surface area contributed by atoms with Crippen LogP contribution in [0.2, 0.25) is 0 Å². The van der Waals surface area contributed by atoms with E-state index >= 15 is 0 Å². The first-order valence-corrected chi connectivity index (χ1v) is 14.3. The summed E-state index contributed by atoms with van der Waals surface area (Å²) in [5, 5.41) is 0. The molecule has 5 heterocycles. The van der Waals surface area contributed by atoms with Crippen molar-refractivity contribution in [1.29, 1.82) is 0 Å². The summed E-state index contributed by atoms with van der Waals surface area (Å²) in [6.07, 6.45) is 10.7. The van der Waals surface area contributed by atoms with Gasteiger partial charge < -0.3 is 14.4 Å². The van der Waals surface area contributed by atoms with Gasteiger partial charge in [-0.3, -0.25) is 14.7 Å². The number of hydrogen-bond donors (Lipinski definition) is 0. The molecule has 6 nitrogen and oxygen atoms in total. The molecule has 2 aromatic rings. The molecule has 2 saturated carbocycles. The van der Waals surface area contributed by atoms with Crippen LogP contribution >= 0.6 is 11.3 Å². The molecule has 35 heavy (non-hydrogen) atoms. The van der Waals surface area contributed by atoms with Crippen molar-refractivity contribution < 1.29 is 14.3 Å². The third-order valence-electron chi connectivity index (χ3n) is 10.5. The molecule has 3 aliphatic carbocycles. The maximum atomic E-state index is 13.7. The van der Waals surface area contributed by atoms with Gasteiger partial charge in [-0.1, -0.05) is 6.07 Å². The van der Waals surface area contributed by atoms with Crippen LogP contribution in [-0.4, -0.2) is 65.6 Å². The normalized spacial score (nSPS) is 36.5. The van der Waals surface area contributed by atoms with E-state index in [4.69, 9.17) is 9.47 Å². The van der Waals surface area contributed by atoms with Crippen LogP contribution in [0.1, 0.15) is 54.5 Å². The minimum absolute atomic E-state index is 0.00237. The molecular weight excluding hydrogens is 458 g/mol. The Morgan fingerprint density at radius 1 is 1.23 bits per heavy atom. The molecule has 4 aliphatic heterocycles. The van der Waals surface area contributed by atoms with Crippen LogP contribution in [0.4, 0.5) is 0 Å². The second kappa shape index (κ2) is 7.22. The highest BCUT2D eigenvalue weighted by atomic mass is 32.1. The Labute approximate surface area is 210 Å². The molecule has 5 atom stereocenters. The van der Waals surface area contributed by atoms with E-state index in [9.17, 15) is 4.79 Å². The van der Waals surface area contributed by atoms with Gasteiger partial charge in [-0.25, -0.2) is 0 Å². The number of aromatic nitrogens is 1. The lowest BCUT2D eigenvalue weighted by atomic mass is 9.42. The van der Waals surface area contributed by atoms with E-state index in [0.29, 0.717) is 12.5 Å². The highest BCUT2D eigenvalue weighted by molar-refractivity contribution is 7.09. The summed E-state index contributed by atoms with van der Waals surface area (Å²) in [6, 6.07) is 5.11. The van der Waals surface area contributed by atoms with Crippen molar-refractivity contribution >= 4 is 17.2 Å². The molecule has 0 unspecified atom stereocenters. The van der Waals surface area contributed by atoms with Crippen LogP contribution in [-0.2, 0) is 23.1 Å². The predicted octanol–water partition coefficient (Wildman–Crippen LogP) is 3.81. The van der Waals surface area contributed by atoms with Crippen LogP contribution in [0.25, 0.3) is 0 Å². The molecule has 5 fully saturated rings. The zero-order chi connectivity index (χ0) is 23.4. The molecule has 0 N–H and O–H groups in total. The van der Waals surface area contributed by atoms with Crippen molar-refractivity contribution in [2.75, 3.05) is 26.7 Å². The van der Waals surface area contributed by atoms with E-state index in [1.165, 1.54) is 36.9 Å². The highest BCUT2D eigenvalue weighted by Gasteiger charge is 2.74. The van der Waals surface area contributed by atoms with Crippen molar-refractivity contribution in [3.8, 4) is 11.5 Å². The molecule has 184 valence electrons. The Morgan fingerprint density at radius 2 is 2.14 bits per heavy atom. The van der Waals surface area contributed by atoms with Crippen molar-refractivity contribution in [3.05, 3.63) is 39.8 Å². The molecular formula is C28H33N3O3S. The lowest BCUT2D eigenvalue weighted by molar-refractivity contribution is -0.143. The predicted molar refractivity (Wildman–Crippen MR) is 133 cm³/mol. The fourth-order valence-electron chi connectivity index (χ4n) is 9.03. The highest BCUT2D eigenvalue weighted by Crippen LogP contribution is 2.71. The number of rotatable bonds is 5. The van der Waals surface area contributed by atoms with Crippen LogP contribution in [0, 0.1) is 11.3 Å². The standard InChI is InChI=1S/C28H33N3O3S/c1-33-21-5-4-18-12-22-27-7-6-20(31(11-8-27)23(32)13-19-14-29-16-35-19)26-28(27,24(18)25(21)34-26)9-10-30(22)15-17-2-3-17/h4-5,14,16-17,20,22,26H,2-3,6-13,15H2,1H3/t20-,22-,26+,27-,28+/m1/s1. The molecule has 2 spiro atoms. The summed E-state index contributed by atoms with van der Waals surface area (Å²) in [6.45, 7) is 3.26. The summed E-state index contributed by atoms with van der Waals surface area (Å²) < 4.78 is 12.8. The minimum atomic E-state index is -0.00237. The van der Waals surface area contributed by atoms with Crippen LogP contribution in [0.5, 0.6) is 11.5 Å². The van der Waals surface area contributed by atoms with Gasteiger partial charge in [0, 0.05) is 46.6 Å². The fraction of sp³-hybridized carbons (Fsp3) is 0.643. The van der Waals surface area contributed by atoms with Gasteiger partial charge in [-0.2, -0.15) is 0 Å².